The molecule has 1 aliphatic heterocycles. The molecule has 0 aromatic heterocycles. The Morgan fingerprint density at radius 3 is 2.76 bits per heavy atom. The molecule has 2 aliphatic rings. The number of benzene rings is 2. The number of carbonyl (C=O) groups excluding carboxylic acids is 1. The molecule has 2 aromatic carbocycles. The highest BCUT2D eigenvalue weighted by Crippen LogP contribution is 2.31. The van der Waals surface area contributed by atoms with Crippen molar-refractivity contribution >= 4 is 17.4 Å². The van der Waals surface area contributed by atoms with Crippen LogP contribution >= 0.6 is 0 Å². The van der Waals surface area contributed by atoms with Crippen molar-refractivity contribution in [1.82, 2.24) is 10.2 Å². The summed E-state index contributed by atoms with van der Waals surface area (Å²) in [5, 5.41) is 5.61. The van der Waals surface area contributed by atoms with E-state index >= 15 is 0 Å². The fourth-order valence-corrected chi connectivity index (χ4v) is 4.19. The van der Waals surface area contributed by atoms with Crippen molar-refractivity contribution in [3.8, 4) is 0 Å². The van der Waals surface area contributed by atoms with Gasteiger partial charge in [0.15, 0.2) is 0 Å². The van der Waals surface area contributed by atoms with Crippen LogP contribution in [0, 0.1) is 11.6 Å². The molecule has 154 valence electrons. The number of carbonyl (C=O) groups is 1. The first-order valence-corrected chi connectivity index (χ1v) is 10.1. The molecule has 0 saturated carbocycles. The van der Waals surface area contributed by atoms with Crippen LogP contribution in [0.2, 0.25) is 0 Å². The lowest BCUT2D eigenvalue weighted by Gasteiger charge is -2.23. The highest BCUT2D eigenvalue weighted by atomic mass is 19.1. The average molecular weight is 400 g/mol. The number of urea groups is 1. The van der Waals surface area contributed by atoms with Crippen molar-refractivity contribution in [1.29, 1.82) is 0 Å². The van der Waals surface area contributed by atoms with Gasteiger partial charge in [0, 0.05) is 25.3 Å². The number of hydrogen-bond acceptors (Lipinski definition) is 3. The van der Waals surface area contributed by atoms with E-state index in [1.807, 2.05) is 0 Å². The Labute approximate surface area is 169 Å². The van der Waals surface area contributed by atoms with Crippen molar-refractivity contribution in [2.45, 2.75) is 25.3 Å². The quantitative estimate of drug-likeness (QED) is 0.821. The molecule has 4 rings (SSSR count). The molecule has 0 unspecified atom stereocenters. The number of nitrogens with zero attached hydrogens (tertiary/aromatic N) is 2. The van der Waals surface area contributed by atoms with Gasteiger partial charge in [0.2, 0.25) is 0 Å². The fraction of sp³-hybridized carbons (Fsp3) is 0.409. The summed E-state index contributed by atoms with van der Waals surface area (Å²) in [4.78, 5) is 16.7. The molecule has 5 nitrogen and oxygen atoms in total. The second kappa shape index (κ2) is 8.37. The van der Waals surface area contributed by atoms with Gasteiger partial charge in [0.1, 0.15) is 11.6 Å². The van der Waals surface area contributed by atoms with Crippen LogP contribution in [0.15, 0.2) is 36.4 Å². The second-order valence-electron chi connectivity index (χ2n) is 7.84. The Bertz CT molecular complexity index is 904. The highest BCUT2D eigenvalue weighted by Gasteiger charge is 2.24. The van der Waals surface area contributed by atoms with E-state index in [9.17, 15) is 13.6 Å². The number of halogens is 2. The van der Waals surface area contributed by atoms with Gasteiger partial charge in [-0.15, -0.1) is 0 Å². The van der Waals surface area contributed by atoms with Crippen molar-refractivity contribution in [2.24, 2.45) is 0 Å². The van der Waals surface area contributed by atoms with Crippen LogP contribution < -0.4 is 15.5 Å². The third-order valence-electron chi connectivity index (χ3n) is 5.75. The third kappa shape index (κ3) is 4.50. The highest BCUT2D eigenvalue weighted by molar-refractivity contribution is 5.89. The largest absolute Gasteiger partial charge is 0.368 e. The van der Waals surface area contributed by atoms with Crippen molar-refractivity contribution < 1.29 is 13.6 Å². The lowest BCUT2D eigenvalue weighted by Crippen LogP contribution is -2.32. The number of likely N-dealkylation sites (N-methyl/N-ethyl adjacent to an activating group) is 1. The van der Waals surface area contributed by atoms with E-state index in [0.29, 0.717) is 11.4 Å². The van der Waals surface area contributed by atoms with E-state index in [4.69, 9.17) is 0 Å². The van der Waals surface area contributed by atoms with Crippen LogP contribution in [-0.4, -0.2) is 44.2 Å². The number of aryl methyl sites for hydroxylation is 1. The lowest BCUT2D eigenvalue weighted by atomic mass is 10.1. The molecule has 2 aromatic rings. The Morgan fingerprint density at radius 1 is 1.07 bits per heavy atom. The van der Waals surface area contributed by atoms with Gasteiger partial charge in [-0.25, -0.2) is 13.6 Å². The summed E-state index contributed by atoms with van der Waals surface area (Å²) in [6.45, 7) is 3.50. The van der Waals surface area contributed by atoms with E-state index in [2.05, 4.69) is 27.5 Å². The van der Waals surface area contributed by atoms with Gasteiger partial charge in [-0.1, -0.05) is 6.07 Å². The molecular weight excluding hydrogens is 374 g/mol. The maximum Gasteiger partial charge on any atom is 0.319 e. The van der Waals surface area contributed by atoms with E-state index in [-0.39, 0.29) is 17.7 Å². The third-order valence-corrected chi connectivity index (χ3v) is 5.75. The molecule has 1 atom stereocenters. The number of rotatable bonds is 3. The first kappa shape index (κ1) is 19.6. The summed E-state index contributed by atoms with van der Waals surface area (Å²) >= 11 is 0. The molecule has 1 aliphatic carbocycles. The summed E-state index contributed by atoms with van der Waals surface area (Å²) in [5.74, 6) is -0.602. The van der Waals surface area contributed by atoms with Gasteiger partial charge >= 0.3 is 6.03 Å². The first-order chi connectivity index (χ1) is 14.0. The molecule has 7 heteroatoms. The summed E-state index contributed by atoms with van der Waals surface area (Å²) < 4.78 is 28.0. The summed E-state index contributed by atoms with van der Waals surface area (Å²) in [6, 6.07) is 8.90. The topological polar surface area (TPSA) is 47.6 Å². The van der Waals surface area contributed by atoms with Gasteiger partial charge in [-0.2, -0.15) is 0 Å². The van der Waals surface area contributed by atoms with Crippen molar-refractivity contribution in [3.05, 3.63) is 59.2 Å². The number of nitrogens with one attached hydrogen (secondary N) is 2. The van der Waals surface area contributed by atoms with Crippen LogP contribution in [-0.2, 0) is 6.42 Å². The SMILES string of the molecule is CN1CCCN(c2ccc(NC(=O)N[C@@H]3CCc4cc(F)ccc43)cc2F)CC1. The number of fused-ring (bicyclic) bond motifs is 1. The molecular formula is C22H26F2N4O. The number of anilines is 2. The van der Waals surface area contributed by atoms with Crippen LogP contribution in [0.3, 0.4) is 0 Å². The minimum atomic E-state index is -0.393. The Kier molecular flexibility index (Phi) is 5.67. The predicted molar refractivity (Wildman–Crippen MR) is 110 cm³/mol. The van der Waals surface area contributed by atoms with Crippen LogP contribution in [0.25, 0.3) is 0 Å². The van der Waals surface area contributed by atoms with E-state index < -0.39 is 6.03 Å². The maximum absolute atomic E-state index is 14.7. The molecule has 0 bridgehead atoms. The van der Waals surface area contributed by atoms with Gasteiger partial charge in [-0.3, -0.25) is 0 Å². The van der Waals surface area contributed by atoms with E-state index in [1.54, 1.807) is 18.2 Å². The van der Waals surface area contributed by atoms with Gasteiger partial charge < -0.3 is 20.4 Å². The molecule has 2 amide bonds. The molecule has 1 fully saturated rings. The normalized spacial score (nSPS) is 19.6. The van der Waals surface area contributed by atoms with Crippen molar-refractivity contribution in [3.63, 3.8) is 0 Å². The van der Waals surface area contributed by atoms with Crippen LogP contribution in [0.1, 0.15) is 30.0 Å². The van der Waals surface area contributed by atoms with Crippen LogP contribution in [0.5, 0.6) is 0 Å². The van der Waals surface area contributed by atoms with E-state index in [1.165, 1.54) is 18.2 Å². The lowest BCUT2D eigenvalue weighted by molar-refractivity contribution is 0.248. The van der Waals surface area contributed by atoms with E-state index in [0.717, 1.165) is 56.6 Å². The Hall–Kier alpha value is -2.67. The first-order valence-electron chi connectivity index (χ1n) is 10.1. The van der Waals surface area contributed by atoms with Gasteiger partial charge in [-0.05, 0) is 74.3 Å². The average Bonchev–Trinajstić information content (AvgIpc) is 2.93. The smallest absolute Gasteiger partial charge is 0.319 e. The van der Waals surface area contributed by atoms with Gasteiger partial charge in [0.05, 0.1) is 11.7 Å². The zero-order valence-electron chi connectivity index (χ0n) is 16.5. The molecule has 2 N–H and O–H groups in total. The molecule has 0 radical (unpaired) electrons. The molecule has 1 saturated heterocycles. The second-order valence-corrected chi connectivity index (χ2v) is 7.84. The Morgan fingerprint density at radius 2 is 1.93 bits per heavy atom. The zero-order valence-corrected chi connectivity index (χ0v) is 16.5. The number of hydrogen-bond donors (Lipinski definition) is 2. The summed E-state index contributed by atoms with van der Waals surface area (Å²) in [5.41, 5.74) is 2.84. The minimum Gasteiger partial charge on any atom is -0.368 e. The standard InChI is InChI=1S/C22H26F2N4O/c1-27-9-2-10-28(12-11-27)21-8-5-17(14-19(21)24)25-22(29)26-20-7-3-15-13-16(23)4-6-18(15)20/h4-6,8,13-14,20H,2-3,7,9-12H2,1H3,(H2,25,26,29)/t20-/m1/s1. The zero-order chi connectivity index (χ0) is 20.4. The molecule has 29 heavy (non-hydrogen) atoms. The molecule has 1 heterocycles. The Balaban J connectivity index is 1.39. The van der Waals surface area contributed by atoms with Gasteiger partial charge in [0.25, 0.3) is 0 Å². The summed E-state index contributed by atoms with van der Waals surface area (Å²) in [7, 11) is 2.07. The summed E-state index contributed by atoms with van der Waals surface area (Å²) in [6.07, 6.45) is 2.44. The van der Waals surface area contributed by atoms with Crippen molar-refractivity contribution in [2.75, 3.05) is 43.4 Å². The predicted octanol–water partition coefficient (Wildman–Crippen LogP) is 3.92. The monoisotopic (exact) mass is 400 g/mol. The molecule has 0 spiro atoms. The maximum atomic E-state index is 14.7. The van der Waals surface area contributed by atoms with Crippen LogP contribution in [0.4, 0.5) is 25.0 Å². The minimum absolute atomic E-state index is 0.163. The number of amides is 2. The fourth-order valence-electron chi connectivity index (χ4n) is 4.19.